The Morgan fingerprint density at radius 2 is 2.09 bits per heavy atom. The van der Waals surface area contributed by atoms with Crippen molar-refractivity contribution < 1.29 is 9.53 Å². The van der Waals surface area contributed by atoms with Gasteiger partial charge >= 0.3 is 0 Å². The first-order chi connectivity index (χ1) is 10.1. The Kier molecular flexibility index (Phi) is 6.97. The Hall–Kier alpha value is -1.96. The number of hydrogen-bond donors (Lipinski definition) is 2. The fraction of sp³-hybridized carbons (Fsp3) is 0.357. The highest BCUT2D eigenvalue weighted by molar-refractivity contribution is 5.85. The summed E-state index contributed by atoms with van der Waals surface area (Å²) in [4.78, 5) is 15.7. The van der Waals surface area contributed by atoms with Gasteiger partial charge in [0.1, 0.15) is 18.7 Å². The molecule has 120 valence electrons. The molecule has 0 saturated heterocycles. The Morgan fingerprint density at radius 3 is 2.64 bits per heavy atom. The lowest BCUT2D eigenvalue weighted by Crippen LogP contribution is -2.44. The van der Waals surface area contributed by atoms with Crippen molar-refractivity contribution in [3.05, 3.63) is 42.5 Å². The van der Waals surface area contributed by atoms with E-state index in [1.165, 1.54) is 13.4 Å². The SMILES string of the molecule is COCC(N)C(=O)NC(C)c1ccc(-n2cncn2)cc1.Cl. The number of aromatic nitrogens is 3. The molecule has 0 aliphatic rings. The van der Waals surface area contributed by atoms with Crippen molar-refractivity contribution in [3.8, 4) is 5.69 Å². The molecule has 0 radical (unpaired) electrons. The van der Waals surface area contributed by atoms with Crippen LogP contribution in [0.15, 0.2) is 36.9 Å². The normalized spacial score (nSPS) is 13.0. The second kappa shape index (κ2) is 8.47. The van der Waals surface area contributed by atoms with Crippen molar-refractivity contribution in [1.82, 2.24) is 20.1 Å². The summed E-state index contributed by atoms with van der Waals surface area (Å²) in [6.45, 7) is 2.10. The van der Waals surface area contributed by atoms with Crippen LogP contribution in [0.5, 0.6) is 0 Å². The van der Waals surface area contributed by atoms with Gasteiger partial charge in [0.2, 0.25) is 5.91 Å². The van der Waals surface area contributed by atoms with Crippen molar-refractivity contribution >= 4 is 18.3 Å². The van der Waals surface area contributed by atoms with E-state index >= 15 is 0 Å². The van der Waals surface area contributed by atoms with Gasteiger partial charge in [-0.3, -0.25) is 4.79 Å². The molecule has 1 aromatic heterocycles. The molecule has 0 aliphatic carbocycles. The zero-order valence-corrected chi connectivity index (χ0v) is 13.3. The highest BCUT2D eigenvalue weighted by Crippen LogP contribution is 2.15. The molecule has 7 nitrogen and oxygen atoms in total. The van der Waals surface area contributed by atoms with E-state index in [4.69, 9.17) is 10.5 Å². The molecular formula is C14H20ClN5O2. The largest absolute Gasteiger partial charge is 0.383 e. The van der Waals surface area contributed by atoms with E-state index in [1.54, 1.807) is 11.0 Å². The van der Waals surface area contributed by atoms with E-state index in [0.717, 1.165) is 11.3 Å². The number of nitrogens with zero attached hydrogens (tertiary/aromatic N) is 3. The molecule has 8 heteroatoms. The molecule has 2 unspecified atom stereocenters. The maximum Gasteiger partial charge on any atom is 0.239 e. The Morgan fingerprint density at radius 1 is 1.41 bits per heavy atom. The molecule has 0 bridgehead atoms. The molecule has 0 spiro atoms. The number of benzene rings is 1. The summed E-state index contributed by atoms with van der Waals surface area (Å²) in [5.41, 5.74) is 7.58. The van der Waals surface area contributed by atoms with Crippen LogP contribution in [0.25, 0.3) is 5.69 Å². The smallest absolute Gasteiger partial charge is 0.239 e. The van der Waals surface area contributed by atoms with Gasteiger partial charge in [0, 0.05) is 7.11 Å². The summed E-state index contributed by atoms with van der Waals surface area (Å²) in [6.07, 6.45) is 3.11. The van der Waals surface area contributed by atoms with Crippen molar-refractivity contribution in [1.29, 1.82) is 0 Å². The molecule has 1 heterocycles. The Balaban J connectivity index is 0.00000242. The molecule has 0 saturated carbocycles. The minimum atomic E-state index is -0.660. The molecule has 2 aromatic rings. The van der Waals surface area contributed by atoms with Crippen LogP contribution in [-0.2, 0) is 9.53 Å². The topological polar surface area (TPSA) is 95.1 Å². The van der Waals surface area contributed by atoms with E-state index in [0.29, 0.717) is 0 Å². The van der Waals surface area contributed by atoms with Crippen molar-refractivity contribution in [2.45, 2.75) is 19.0 Å². The van der Waals surface area contributed by atoms with Gasteiger partial charge in [0.15, 0.2) is 0 Å². The number of hydrogen-bond acceptors (Lipinski definition) is 5. The number of methoxy groups -OCH3 is 1. The highest BCUT2D eigenvalue weighted by Gasteiger charge is 2.16. The van der Waals surface area contributed by atoms with Crippen LogP contribution in [0.2, 0.25) is 0 Å². The number of nitrogens with one attached hydrogen (secondary N) is 1. The first-order valence-corrected chi connectivity index (χ1v) is 6.61. The number of ether oxygens (including phenoxy) is 1. The minimum absolute atomic E-state index is 0. The summed E-state index contributed by atoms with van der Waals surface area (Å²) in [7, 11) is 1.51. The number of amides is 1. The van der Waals surface area contributed by atoms with Gasteiger partial charge in [-0.25, -0.2) is 9.67 Å². The van der Waals surface area contributed by atoms with Gasteiger partial charge < -0.3 is 15.8 Å². The molecule has 22 heavy (non-hydrogen) atoms. The third-order valence-corrected chi connectivity index (χ3v) is 3.12. The van der Waals surface area contributed by atoms with E-state index in [9.17, 15) is 4.79 Å². The van der Waals surface area contributed by atoms with Crippen LogP contribution in [0.1, 0.15) is 18.5 Å². The first-order valence-electron chi connectivity index (χ1n) is 6.61. The fourth-order valence-electron chi connectivity index (χ4n) is 1.92. The molecule has 1 aromatic carbocycles. The zero-order valence-electron chi connectivity index (χ0n) is 12.5. The van der Waals surface area contributed by atoms with Gasteiger partial charge in [-0.2, -0.15) is 5.10 Å². The standard InChI is InChI=1S/C14H19N5O2.ClH/c1-10(18-14(20)13(15)7-21-2)11-3-5-12(6-4-11)19-9-16-8-17-19;/h3-6,8-10,13H,7,15H2,1-2H3,(H,18,20);1H. The minimum Gasteiger partial charge on any atom is -0.383 e. The molecular weight excluding hydrogens is 306 g/mol. The number of rotatable bonds is 6. The van der Waals surface area contributed by atoms with E-state index < -0.39 is 6.04 Å². The molecule has 1 amide bonds. The average Bonchev–Trinajstić information content (AvgIpc) is 3.01. The summed E-state index contributed by atoms with van der Waals surface area (Å²) in [5, 5.41) is 6.91. The van der Waals surface area contributed by atoms with Gasteiger partial charge in [0.05, 0.1) is 18.3 Å². The molecule has 2 rings (SSSR count). The van der Waals surface area contributed by atoms with Crippen LogP contribution in [0, 0.1) is 0 Å². The maximum atomic E-state index is 11.8. The summed E-state index contributed by atoms with van der Waals surface area (Å²) in [6, 6.07) is 6.91. The fourth-order valence-corrected chi connectivity index (χ4v) is 1.92. The predicted molar refractivity (Wildman–Crippen MR) is 85.0 cm³/mol. The summed E-state index contributed by atoms with van der Waals surface area (Å²) in [5.74, 6) is -0.232. The maximum absolute atomic E-state index is 11.8. The Bertz CT molecular complexity index is 573. The quantitative estimate of drug-likeness (QED) is 0.820. The van der Waals surface area contributed by atoms with Gasteiger partial charge in [-0.1, -0.05) is 12.1 Å². The lowest BCUT2D eigenvalue weighted by Gasteiger charge is -2.17. The predicted octanol–water partition coefficient (Wildman–Crippen LogP) is 0.840. The van der Waals surface area contributed by atoms with Crippen LogP contribution in [0.4, 0.5) is 0 Å². The second-order valence-electron chi connectivity index (χ2n) is 4.72. The zero-order chi connectivity index (χ0) is 15.2. The molecule has 2 atom stereocenters. The summed E-state index contributed by atoms with van der Waals surface area (Å²) < 4.78 is 6.54. The average molecular weight is 326 g/mol. The van der Waals surface area contributed by atoms with E-state index in [1.807, 2.05) is 31.2 Å². The second-order valence-corrected chi connectivity index (χ2v) is 4.72. The van der Waals surface area contributed by atoms with E-state index in [-0.39, 0.29) is 31.0 Å². The van der Waals surface area contributed by atoms with Crippen LogP contribution in [-0.4, -0.2) is 40.4 Å². The summed E-state index contributed by atoms with van der Waals surface area (Å²) >= 11 is 0. The van der Waals surface area contributed by atoms with Crippen LogP contribution >= 0.6 is 12.4 Å². The lowest BCUT2D eigenvalue weighted by atomic mass is 10.1. The van der Waals surface area contributed by atoms with E-state index in [2.05, 4.69) is 15.4 Å². The van der Waals surface area contributed by atoms with Crippen molar-refractivity contribution in [2.75, 3.05) is 13.7 Å². The lowest BCUT2D eigenvalue weighted by molar-refractivity contribution is -0.124. The highest BCUT2D eigenvalue weighted by atomic mass is 35.5. The molecule has 0 aliphatic heterocycles. The molecule has 0 fully saturated rings. The van der Waals surface area contributed by atoms with Crippen LogP contribution in [0.3, 0.4) is 0 Å². The Labute approximate surface area is 135 Å². The number of carbonyl (C=O) groups is 1. The van der Waals surface area contributed by atoms with Crippen LogP contribution < -0.4 is 11.1 Å². The first kappa shape index (κ1) is 18.1. The number of halogens is 1. The van der Waals surface area contributed by atoms with Crippen molar-refractivity contribution in [2.24, 2.45) is 5.73 Å². The van der Waals surface area contributed by atoms with Crippen molar-refractivity contribution in [3.63, 3.8) is 0 Å². The van der Waals surface area contributed by atoms with Gasteiger partial charge in [-0.05, 0) is 24.6 Å². The third-order valence-electron chi connectivity index (χ3n) is 3.12. The third kappa shape index (κ3) is 4.52. The number of nitrogens with two attached hydrogens (primary N) is 1. The molecule has 3 N–H and O–H groups in total. The number of carbonyl (C=O) groups excluding carboxylic acids is 1. The monoisotopic (exact) mass is 325 g/mol. The van der Waals surface area contributed by atoms with Gasteiger partial charge in [0.25, 0.3) is 0 Å². The van der Waals surface area contributed by atoms with Gasteiger partial charge in [-0.15, -0.1) is 12.4 Å².